The number of nitrogens with one attached hydrogen (secondary N) is 1. The first-order valence-electron chi connectivity index (χ1n) is 9.01. The Morgan fingerprint density at radius 3 is 2.56 bits per heavy atom. The first-order chi connectivity index (χ1) is 12.0. The fraction of sp³-hybridized carbons (Fsp3) is 0.611. The Balaban J connectivity index is 1.69. The molecule has 5 nitrogen and oxygen atoms in total. The number of hydrogen-bond donors (Lipinski definition) is 1. The molecule has 1 amide bonds. The zero-order valence-corrected chi connectivity index (χ0v) is 15.9. The molecule has 25 heavy (non-hydrogen) atoms. The molecule has 1 aromatic carbocycles. The van der Waals surface area contributed by atoms with Crippen molar-refractivity contribution in [2.45, 2.75) is 62.8 Å². The highest BCUT2D eigenvalue weighted by atomic mass is 35.5. The lowest BCUT2D eigenvalue weighted by atomic mass is 9.95. The molecule has 7 heteroatoms. The van der Waals surface area contributed by atoms with Gasteiger partial charge in [-0.15, -0.1) is 0 Å². The zero-order valence-electron chi connectivity index (χ0n) is 14.3. The second kappa shape index (κ2) is 8.06. The smallest absolute Gasteiger partial charge is 0.238 e. The Morgan fingerprint density at radius 1 is 1.12 bits per heavy atom. The Labute approximate surface area is 154 Å². The van der Waals surface area contributed by atoms with E-state index >= 15 is 0 Å². The summed E-state index contributed by atoms with van der Waals surface area (Å²) in [5.74, 6) is -0.313. The Morgan fingerprint density at radius 2 is 1.84 bits per heavy atom. The lowest BCUT2D eigenvalue weighted by molar-refractivity contribution is -0.125. The van der Waals surface area contributed by atoms with Crippen LogP contribution in [0.1, 0.15) is 50.5 Å². The number of sulfonamides is 1. The third kappa shape index (κ3) is 4.54. The first-order valence-corrected chi connectivity index (χ1v) is 11.0. The van der Waals surface area contributed by atoms with Crippen LogP contribution >= 0.6 is 11.6 Å². The van der Waals surface area contributed by atoms with E-state index in [9.17, 15) is 13.2 Å². The number of hydrogen-bond acceptors (Lipinski definition) is 3. The van der Waals surface area contributed by atoms with Crippen LogP contribution in [0.2, 0.25) is 5.02 Å². The van der Waals surface area contributed by atoms with Crippen LogP contribution in [0, 0.1) is 0 Å². The van der Waals surface area contributed by atoms with Gasteiger partial charge in [-0.1, -0.05) is 49.1 Å². The van der Waals surface area contributed by atoms with Gasteiger partial charge in [-0.25, -0.2) is 8.42 Å². The monoisotopic (exact) mass is 384 g/mol. The van der Waals surface area contributed by atoms with Crippen LogP contribution in [0.3, 0.4) is 0 Å². The molecule has 1 aliphatic carbocycles. The Kier molecular flexibility index (Phi) is 6.02. The molecule has 1 atom stereocenters. The molecule has 2 aliphatic rings. The van der Waals surface area contributed by atoms with E-state index in [4.69, 9.17) is 11.6 Å². The van der Waals surface area contributed by atoms with E-state index in [1.165, 1.54) is 10.7 Å². The van der Waals surface area contributed by atoms with E-state index < -0.39 is 16.1 Å². The van der Waals surface area contributed by atoms with Crippen molar-refractivity contribution in [3.8, 4) is 0 Å². The standard InChI is InChI=1S/C18H25ClN2O3S/c19-16-10-5-4-7-14(16)13-25(23,24)21-12-6-11-17(21)18(22)20-15-8-2-1-3-9-15/h4-5,7,10,15,17H,1-3,6,8-9,11-13H2,(H,20,22)/t17-/m0/s1. The zero-order chi connectivity index (χ0) is 17.9. The van der Waals surface area contributed by atoms with Crippen LogP contribution in [0.5, 0.6) is 0 Å². The predicted octanol–water partition coefficient (Wildman–Crippen LogP) is 3.08. The largest absolute Gasteiger partial charge is 0.352 e. The van der Waals surface area contributed by atoms with Crippen LogP contribution in [0.25, 0.3) is 0 Å². The molecule has 3 rings (SSSR count). The summed E-state index contributed by atoms with van der Waals surface area (Å²) in [7, 11) is -3.58. The van der Waals surface area contributed by atoms with Crippen molar-refractivity contribution in [3.05, 3.63) is 34.9 Å². The normalized spacial score (nSPS) is 22.8. The van der Waals surface area contributed by atoms with Crippen molar-refractivity contribution in [1.29, 1.82) is 0 Å². The number of benzene rings is 1. The maximum Gasteiger partial charge on any atom is 0.238 e. The predicted molar refractivity (Wildman–Crippen MR) is 98.8 cm³/mol. The Bertz CT molecular complexity index is 717. The summed E-state index contributed by atoms with van der Waals surface area (Å²) < 4.78 is 27.1. The average Bonchev–Trinajstić information content (AvgIpc) is 3.09. The topological polar surface area (TPSA) is 66.5 Å². The van der Waals surface area contributed by atoms with Crippen molar-refractivity contribution < 1.29 is 13.2 Å². The van der Waals surface area contributed by atoms with E-state index in [-0.39, 0.29) is 17.7 Å². The van der Waals surface area contributed by atoms with Crippen LogP contribution in [-0.2, 0) is 20.6 Å². The van der Waals surface area contributed by atoms with Gasteiger partial charge in [0, 0.05) is 17.6 Å². The molecular formula is C18H25ClN2O3S. The molecule has 1 heterocycles. The maximum absolute atomic E-state index is 12.8. The second-order valence-electron chi connectivity index (χ2n) is 6.96. The van der Waals surface area contributed by atoms with Crippen LogP contribution in [0.4, 0.5) is 0 Å². The molecule has 0 spiro atoms. The molecule has 1 aromatic rings. The van der Waals surface area contributed by atoms with Gasteiger partial charge in [0.15, 0.2) is 0 Å². The molecule has 1 N–H and O–H groups in total. The molecule has 138 valence electrons. The van der Waals surface area contributed by atoms with E-state index in [0.717, 1.165) is 25.7 Å². The molecule has 0 bridgehead atoms. The SMILES string of the molecule is O=C(NC1CCCCC1)[C@@H]1CCCN1S(=O)(=O)Cc1ccccc1Cl. The van der Waals surface area contributed by atoms with Crippen LogP contribution in [0.15, 0.2) is 24.3 Å². The number of carbonyl (C=O) groups excluding carboxylic acids is 1. The van der Waals surface area contributed by atoms with Gasteiger partial charge in [0.25, 0.3) is 0 Å². The van der Waals surface area contributed by atoms with Crippen molar-refractivity contribution in [3.63, 3.8) is 0 Å². The molecule has 0 aromatic heterocycles. The van der Waals surface area contributed by atoms with Gasteiger partial charge < -0.3 is 5.32 Å². The summed E-state index contributed by atoms with van der Waals surface area (Å²) in [5, 5.41) is 3.51. The van der Waals surface area contributed by atoms with Crippen molar-refractivity contribution >= 4 is 27.5 Å². The van der Waals surface area contributed by atoms with Gasteiger partial charge in [-0.3, -0.25) is 4.79 Å². The molecule has 0 unspecified atom stereocenters. The maximum atomic E-state index is 12.8. The van der Waals surface area contributed by atoms with Gasteiger partial charge in [0.2, 0.25) is 15.9 Å². The summed E-state index contributed by atoms with van der Waals surface area (Å²) >= 11 is 6.10. The number of nitrogens with zero attached hydrogens (tertiary/aromatic N) is 1. The third-order valence-electron chi connectivity index (χ3n) is 5.11. The van der Waals surface area contributed by atoms with Gasteiger partial charge in [0.05, 0.1) is 5.75 Å². The van der Waals surface area contributed by atoms with E-state index in [1.54, 1.807) is 24.3 Å². The van der Waals surface area contributed by atoms with E-state index in [0.29, 0.717) is 30.0 Å². The number of amides is 1. The quantitative estimate of drug-likeness (QED) is 0.848. The Hall–Kier alpha value is -1.11. The third-order valence-corrected chi connectivity index (χ3v) is 7.31. The lowest BCUT2D eigenvalue weighted by Crippen LogP contribution is -2.49. The van der Waals surface area contributed by atoms with Crippen molar-refractivity contribution in [2.75, 3.05) is 6.54 Å². The number of rotatable bonds is 5. The fourth-order valence-corrected chi connectivity index (χ4v) is 5.86. The van der Waals surface area contributed by atoms with Crippen molar-refractivity contribution in [1.82, 2.24) is 9.62 Å². The van der Waals surface area contributed by atoms with Crippen LogP contribution in [-0.4, -0.2) is 37.3 Å². The highest BCUT2D eigenvalue weighted by Gasteiger charge is 2.39. The minimum Gasteiger partial charge on any atom is -0.352 e. The minimum absolute atomic E-state index is 0.146. The lowest BCUT2D eigenvalue weighted by Gasteiger charge is -2.28. The summed E-state index contributed by atoms with van der Waals surface area (Å²) in [6.07, 6.45) is 6.75. The van der Waals surface area contributed by atoms with Gasteiger partial charge in [-0.05, 0) is 37.3 Å². The summed E-state index contributed by atoms with van der Waals surface area (Å²) in [6.45, 7) is 0.398. The highest BCUT2D eigenvalue weighted by Crippen LogP contribution is 2.27. The van der Waals surface area contributed by atoms with Gasteiger partial charge in [-0.2, -0.15) is 4.31 Å². The summed E-state index contributed by atoms with van der Waals surface area (Å²) in [4.78, 5) is 12.6. The molecule has 1 saturated carbocycles. The molecule has 1 saturated heterocycles. The summed E-state index contributed by atoms with van der Waals surface area (Å²) in [5.41, 5.74) is 0.572. The number of halogens is 1. The second-order valence-corrected chi connectivity index (χ2v) is 9.29. The molecule has 0 radical (unpaired) electrons. The molecule has 2 fully saturated rings. The molecular weight excluding hydrogens is 360 g/mol. The van der Waals surface area contributed by atoms with E-state index in [1.807, 2.05) is 0 Å². The fourth-order valence-electron chi connectivity index (χ4n) is 3.77. The first kappa shape index (κ1) is 18.7. The van der Waals surface area contributed by atoms with Crippen molar-refractivity contribution in [2.24, 2.45) is 0 Å². The number of carbonyl (C=O) groups is 1. The average molecular weight is 385 g/mol. The molecule has 1 aliphatic heterocycles. The summed E-state index contributed by atoms with van der Waals surface area (Å²) in [6, 6.07) is 6.55. The minimum atomic E-state index is -3.58. The van der Waals surface area contributed by atoms with Gasteiger partial charge >= 0.3 is 0 Å². The van der Waals surface area contributed by atoms with E-state index in [2.05, 4.69) is 5.32 Å². The van der Waals surface area contributed by atoms with Crippen LogP contribution < -0.4 is 5.32 Å². The highest BCUT2D eigenvalue weighted by molar-refractivity contribution is 7.88. The van der Waals surface area contributed by atoms with Gasteiger partial charge in [0.1, 0.15) is 6.04 Å².